The van der Waals surface area contributed by atoms with Gasteiger partial charge in [0.05, 0.1) is 13.2 Å². The second-order valence-corrected chi connectivity index (χ2v) is 7.14. The summed E-state index contributed by atoms with van der Waals surface area (Å²) in [5, 5.41) is 10.3. The van der Waals surface area contributed by atoms with Crippen molar-refractivity contribution in [1.82, 2.24) is 4.90 Å². The molecule has 0 unspecified atom stereocenters. The van der Waals surface area contributed by atoms with Gasteiger partial charge in [-0.25, -0.2) is 9.69 Å². The van der Waals surface area contributed by atoms with Crippen LogP contribution in [0.25, 0.3) is 0 Å². The normalized spacial score (nSPS) is 21.2. The highest BCUT2D eigenvalue weighted by Gasteiger charge is 2.58. The summed E-state index contributed by atoms with van der Waals surface area (Å²) in [6.07, 6.45) is -0.671. The number of aliphatic hydroxyl groups excluding tert-OH is 1. The Labute approximate surface area is 168 Å². The second-order valence-electron chi connectivity index (χ2n) is 7.14. The first kappa shape index (κ1) is 19.3. The van der Waals surface area contributed by atoms with Crippen LogP contribution in [0.5, 0.6) is 11.5 Å². The minimum Gasteiger partial charge on any atom is -0.494 e. The third-order valence-corrected chi connectivity index (χ3v) is 5.24. The van der Waals surface area contributed by atoms with Crippen molar-refractivity contribution in [3.63, 3.8) is 0 Å². The summed E-state index contributed by atoms with van der Waals surface area (Å²) in [7, 11) is 0. The second kappa shape index (κ2) is 7.75. The Hall–Kier alpha value is -3.06. The van der Waals surface area contributed by atoms with Gasteiger partial charge in [0.1, 0.15) is 24.2 Å². The zero-order valence-electron chi connectivity index (χ0n) is 16.2. The van der Waals surface area contributed by atoms with Gasteiger partial charge in [0.25, 0.3) is 5.91 Å². The van der Waals surface area contributed by atoms with E-state index in [9.17, 15) is 14.7 Å². The predicted octanol–water partition coefficient (Wildman–Crippen LogP) is 2.65. The van der Waals surface area contributed by atoms with Gasteiger partial charge in [-0.15, -0.1) is 0 Å². The van der Waals surface area contributed by atoms with Crippen LogP contribution in [0.15, 0.2) is 48.5 Å². The smallest absolute Gasteiger partial charge is 0.418 e. The average molecular weight is 397 g/mol. The standard InChI is InChI=1S/C22H23NO6/c1-2-27-17-7-9-18(10-8-17)28-14-16(24)13-23-20(25)22(29-21(23)26)12-11-15-5-3-4-6-19(15)22/h3-10,16,24H,2,11-14H2,1H3/t16-,22+/m1/s1. The Bertz CT molecular complexity index is 912. The first-order valence-corrected chi connectivity index (χ1v) is 9.70. The van der Waals surface area contributed by atoms with Gasteiger partial charge in [-0.3, -0.25) is 4.79 Å². The fourth-order valence-corrected chi connectivity index (χ4v) is 3.87. The van der Waals surface area contributed by atoms with Crippen LogP contribution in [0.3, 0.4) is 0 Å². The van der Waals surface area contributed by atoms with Gasteiger partial charge < -0.3 is 19.3 Å². The van der Waals surface area contributed by atoms with Crippen molar-refractivity contribution in [2.75, 3.05) is 19.8 Å². The van der Waals surface area contributed by atoms with Gasteiger partial charge in [-0.1, -0.05) is 24.3 Å². The molecule has 0 radical (unpaired) electrons. The molecule has 4 rings (SSSR count). The highest BCUT2D eigenvalue weighted by molar-refractivity contribution is 6.04. The molecular weight excluding hydrogens is 374 g/mol. The van der Waals surface area contributed by atoms with Gasteiger partial charge in [0.2, 0.25) is 5.60 Å². The van der Waals surface area contributed by atoms with E-state index in [1.165, 1.54) is 0 Å². The number of ether oxygens (including phenoxy) is 3. The number of aryl methyl sites for hydroxylation is 1. The largest absolute Gasteiger partial charge is 0.494 e. The number of aliphatic hydroxyl groups is 1. The van der Waals surface area contributed by atoms with E-state index in [2.05, 4.69) is 0 Å². The fraction of sp³-hybridized carbons (Fsp3) is 0.364. The Morgan fingerprint density at radius 3 is 2.52 bits per heavy atom. The van der Waals surface area contributed by atoms with Crippen LogP contribution >= 0.6 is 0 Å². The lowest BCUT2D eigenvalue weighted by atomic mass is 9.95. The molecule has 2 amide bonds. The van der Waals surface area contributed by atoms with Crippen LogP contribution in [0.1, 0.15) is 24.5 Å². The molecule has 1 aliphatic carbocycles. The molecule has 1 fully saturated rings. The molecule has 1 N–H and O–H groups in total. The van der Waals surface area contributed by atoms with Gasteiger partial charge >= 0.3 is 6.09 Å². The van der Waals surface area contributed by atoms with E-state index in [1.807, 2.05) is 31.2 Å². The summed E-state index contributed by atoms with van der Waals surface area (Å²) in [6.45, 7) is 2.23. The lowest BCUT2D eigenvalue weighted by molar-refractivity contribution is -0.138. The maximum Gasteiger partial charge on any atom is 0.418 e. The molecule has 7 nitrogen and oxygen atoms in total. The zero-order valence-corrected chi connectivity index (χ0v) is 16.2. The van der Waals surface area contributed by atoms with Gasteiger partial charge in [-0.05, 0) is 43.2 Å². The number of nitrogens with zero attached hydrogens (tertiary/aromatic N) is 1. The molecule has 2 atom stereocenters. The predicted molar refractivity (Wildman–Crippen MR) is 104 cm³/mol. The molecular formula is C22H23NO6. The molecule has 2 aromatic carbocycles. The third kappa shape index (κ3) is 3.53. The number of hydrogen-bond donors (Lipinski definition) is 1. The molecule has 1 aliphatic heterocycles. The summed E-state index contributed by atoms with van der Waals surface area (Å²) in [5.41, 5.74) is 0.486. The minimum absolute atomic E-state index is 0.0609. The molecule has 1 spiro atoms. The Kier molecular flexibility index (Phi) is 5.15. The van der Waals surface area contributed by atoms with Gasteiger partial charge in [-0.2, -0.15) is 0 Å². The number of amides is 2. The summed E-state index contributed by atoms with van der Waals surface area (Å²) >= 11 is 0. The average Bonchev–Trinajstić information content (AvgIpc) is 3.21. The van der Waals surface area contributed by atoms with Crippen molar-refractivity contribution in [3.8, 4) is 11.5 Å². The molecule has 7 heteroatoms. The first-order chi connectivity index (χ1) is 14.0. The number of carbonyl (C=O) groups excluding carboxylic acids is 2. The quantitative estimate of drug-likeness (QED) is 0.773. The van der Waals surface area contributed by atoms with E-state index >= 15 is 0 Å². The SMILES string of the molecule is CCOc1ccc(OC[C@H](O)CN2C(=O)O[C@]3(CCc4ccccc43)C2=O)cc1. The maximum absolute atomic E-state index is 13.0. The third-order valence-electron chi connectivity index (χ3n) is 5.24. The molecule has 152 valence electrons. The van der Waals surface area contributed by atoms with Crippen LogP contribution in [0.4, 0.5) is 4.79 Å². The number of imide groups is 1. The zero-order chi connectivity index (χ0) is 20.4. The summed E-state index contributed by atoms with van der Waals surface area (Å²) in [4.78, 5) is 26.4. The van der Waals surface area contributed by atoms with E-state index in [0.29, 0.717) is 25.2 Å². The van der Waals surface area contributed by atoms with Crippen molar-refractivity contribution in [2.45, 2.75) is 31.5 Å². The number of β-amino-alcohol motifs (C(OH)–C–C–N with tert-alkyl or cyclic N) is 1. The topological polar surface area (TPSA) is 85.3 Å². The molecule has 2 aromatic rings. The molecule has 1 heterocycles. The first-order valence-electron chi connectivity index (χ1n) is 9.70. The van der Waals surface area contributed by atoms with Crippen molar-refractivity contribution in [2.24, 2.45) is 0 Å². The van der Waals surface area contributed by atoms with Crippen molar-refractivity contribution in [1.29, 1.82) is 0 Å². The number of rotatable bonds is 7. The summed E-state index contributed by atoms with van der Waals surface area (Å²) in [6, 6.07) is 14.5. The number of benzene rings is 2. The lowest BCUT2D eigenvalue weighted by Crippen LogP contribution is -2.42. The van der Waals surface area contributed by atoms with Crippen molar-refractivity contribution < 1.29 is 28.9 Å². The van der Waals surface area contributed by atoms with E-state index in [0.717, 1.165) is 21.8 Å². The van der Waals surface area contributed by atoms with E-state index in [1.54, 1.807) is 24.3 Å². The van der Waals surface area contributed by atoms with E-state index in [-0.39, 0.29) is 13.2 Å². The highest BCUT2D eigenvalue weighted by Crippen LogP contribution is 2.45. The molecule has 1 saturated heterocycles. The van der Waals surface area contributed by atoms with Crippen molar-refractivity contribution >= 4 is 12.0 Å². The van der Waals surface area contributed by atoms with Crippen LogP contribution in [-0.2, 0) is 21.6 Å². The Balaban J connectivity index is 1.38. The van der Waals surface area contributed by atoms with E-state index < -0.39 is 23.7 Å². The van der Waals surface area contributed by atoms with Gasteiger partial charge in [0, 0.05) is 12.0 Å². The van der Waals surface area contributed by atoms with Crippen LogP contribution < -0.4 is 9.47 Å². The van der Waals surface area contributed by atoms with Crippen LogP contribution in [-0.4, -0.2) is 47.9 Å². The summed E-state index contributed by atoms with van der Waals surface area (Å²) in [5.74, 6) is 0.865. The summed E-state index contributed by atoms with van der Waals surface area (Å²) < 4.78 is 16.5. The number of hydrogen-bond acceptors (Lipinski definition) is 6. The lowest BCUT2D eigenvalue weighted by Gasteiger charge is -2.21. The fourth-order valence-electron chi connectivity index (χ4n) is 3.87. The maximum atomic E-state index is 13.0. The molecule has 29 heavy (non-hydrogen) atoms. The molecule has 0 aromatic heterocycles. The molecule has 0 bridgehead atoms. The highest BCUT2D eigenvalue weighted by atomic mass is 16.6. The monoisotopic (exact) mass is 397 g/mol. The molecule has 2 aliphatic rings. The Morgan fingerprint density at radius 1 is 1.10 bits per heavy atom. The van der Waals surface area contributed by atoms with Gasteiger partial charge in [0.15, 0.2) is 0 Å². The van der Waals surface area contributed by atoms with Crippen LogP contribution in [0, 0.1) is 0 Å². The Morgan fingerprint density at radius 2 is 1.79 bits per heavy atom. The van der Waals surface area contributed by atoms with Crippen molar-refractivity contribution in [3.05, 3.63) is 59.7 Å². The minimum atomic E-state index is -1.26. The number of fused-ring (bicyclic) bond motifs is 2. The van der Waals surface area contributed by atoms with E-state index in [4.69, 9.17) is 14.2 Å². The number of carbonyl (C=O) groups is 2. The molecule has 0 saturated carbocycles. The van der Waals surface area contributed by atoms with Crippen LogP contribution in [0.2, 0.25) is 0 Å².